The number of benzene rings is 1. The first kappa shape index (κ1) is 12.7. The number of nitrogens with zero attached hydrogens (tertiary/aromatic N) is 1. The number of carbonyl (C=O) groups excluding carboxylic acids is 1. The molecule has 2 rings (SSSR count). The molecule has 0 fully saturated rings. The van der Waals surface area contributed by atoms with Crippen LogP contribution in [0.5, 0.6) is 0 Å². The zero-order valence-corrected chi connectivity index (χ0v) is 10.7. The molecule has 1 atom stereocenters. The average molecular weight is 268 g/mol. The van der Waals surface area contributed by atoms with Gasteiger partial charge in [0.2, 0.25) is 5.96 Å². The van der Waals surface area contributed by atoms with E-state index in [0.29, 0.717) is 17.5 Å². The molecule has 0 aromatic heterocycles. The van der Waals surface area contributed by atoms with Crippen molar-refractivity contribution in [3.63, 3.8) is 0 Å². The SMILES string of the molecule is COC(=O)NC1=NCC[C@@H](c2cccc(Cl)c2)N1. The quantitative estimate of drug-likeness (QED) is 0.819. The number of halogens is 1. The van der Waals surface area contributed by atoms with Gasteiger partial charge in [0, 0.05) is 11.6 Å². The zero-order chi connectivity index (χ0) is 13.0. The predicted molar refractivity (Wildman–Crippen MR) is 69.8 cm³/mol. The number of aliphatic imine (C=N–C) groups is 1. The van der Waals surface area contributed by atoms with Crippen molar-refractivity contribution < 1.29 is 9.53 Å². The summed E-state index contributed by atoms with van der Waals surface area (Å²) >= 11 is 5.96. The zero-order valence-electron chi connectivity index (χ0n) is 9.94. The van der Waals surface area contributed by atoms with E-state index in [-0.39, 0.29) is 6.04 Å². The standard InChI is InChI=1S/C12H14ClN3O2/c1-18-12(17)16-11-14-6-5-10(15-11)8-3-2-4-9(13)7-8/h2-4,7,10H,5-6H2,1H3,(H2,14,15,16,17)/t10-/m0/s1. The van der Waals surface area contributed by atoms with E-state index in [0.717, 1.165) is 12.0 Å². The van der Waals surface area contributed by atoms with E-state index in [9.17, 15) is 4.79 Å². The number of hydrogen-bond donors (Lipinski definition) is 2. The fraction of sp³-hybridized carbons (Fsp3) is 0.333. The van der Waals surface area contributed by atoms with Crippen LogP contribution in [0.1, 0.15) is 18.0 Å². The van der Waals surface area contributed by atoms with Crippen LogP contribution in [0.25, 0.3) is 0 Å². The Labute approximate surface area is 110 Å². The smallest absolute Gasteiger partial charge is 0.413 e. The van der Waals surface area contributed by atoms with Crippen LogP contribution in [0.2, 0.25) is 5.02 Å². The Bertz CT molecular complexity index is 476. The third-order valence-electron chi connectivity index (χ3n) is 2.66. The van der Waals surface area contributed by atoms with Crippen LogP contribution in [0.3, 0.4) is 0 Å². The maximum Gasteiger partial charge on any atom is 0.413 e. The van der Waals surface area contributed by atoms with Crippen LogP contribution >= 0.6 is 11.6 Å². The van der Waals surface area contributed by atoms with Gasteiger partial charge in [0.05, 0.1) is 13.2 Å². The van der Waals surface area contributed by atoms with Crippen molar-refractivity contribution in [3.05, 3.63) is 34.9 Å². The second-order valence-electron chi connectivity index (χ2n) is 3.89. The molecule has 0 spiro atoms. The molecule has 1 aliphatic rings. The van der Waals surface area contributed by atoms with Gasteiger partial charge in [-0.25, -0.2) is 4.79 Å². The van der Waals surface area contributed by atoms with Gasteiger partial charge in [-0.2, -0.15) is 0 Å². The Morgan fingerprint density at radius 2 is 2.44 bits per heavy atom. The molecule has 1 amide bonds. The number of nitrogens with one attached hydrogen (secondary N) is 2. The van der Waals surface area contributed by atoms with Crippen molar-refractivity contribution in [1.29, 1.82) is 0 Å². The summed E-state index contributed by atoms with van der Waals surface area (Å²) < 4.78 is 4.52. The number of hydrogen-bond acceptors (Lipinski definition) is 4. The number of alkyl carbamates (subject to hydrolysis) is 1. The molecule has 0 saturated carbocycles. The molecular weight excluding hydrogens is 254 g/mol. The van der Waals surface area contributed by atoms with Crippen molar-refractivity contribution in [3.8, 4) is 0 Å². The molecule has 2 N–H and O–H groups in total. The molecular formula is C12H14ClN3O2. The van der Waals surface area contributed by atoms with Crippen molar-refractivity contribution in [2.75, 3.05) is 13.7 Å². The van der Waals surface area contributed by atoms with E-state index in [1.807, 2.05) is 24.3 Å². The van der Waals surface area contributed by atoms with Gasteiger partial charge in [-0.15, -0.1) is 0 Å². The minimum atomic E-state index is -0.534. The summed E-state index contributed by atoms with van der Waals surface area (Å²) in [6.07, 6.45) is 0.320. The van der Waals surface area contributed by atoms with Crippen molar-refractivity contribution in [2.24, 2.45) is 4.99 Å². The number of methoxy groups -OCH3 is 1. The van der Waals surface area contributed by atoms with Gasteiger partial charge in [0.1, 0.15) is 0 Å². The second kappa shape index (κ2) is 5.73. The summed E-state index contributed by atoms with van der Waals surface area (Å²) in [4.78, 5) is 15.3. The Morgan fingerprint density at radius 3 is 3.17 bits per heavy atom. The van der Waals surface area contributed by atoms with Crippen LogP contribution in [0.4, 0.5) is 4.79 Å². The maximum absolute atomic E-state index is 11.1. The molecule has 96 valence electrons. The van der Waals surface area contributed by atoms with Crippen molar-refractivity contribution in [2.45, 2.75) is 12.5 Å². The fourth-order valence-corrected chi connectivity index (χ4v) is 1.98. The van der Waals surface area contributed by atoms with Crippen LogP contribution in [0, 0.1) is 0 Å². The fourth-order valence-electron chi connectivity index (χ4n) is 1.78. The Hall–Kier alpha value is -1.75. The lowest BCUT2D eigenvalue weighted by molar-refractivity contribution is 0.176. The molecule has 0 aliphatic carbocycles. The van der Waals surface area contributed by atoms with Crippen molar-refractivity contribution in [1.82, 2.24) is 10.6 Å². The largest absolute Gasteiger partial charge is 0.453 e. The highest BCUT2D eigenvalue weighted by Crippen LogP contribution is 2.22. The summed E-state index contributed by atoms with van der Waals surface area (Å²) in [6.45, 7) is 0.642. The summed E-state index contributed by atoms with van der Waals surface area (Å²) in [5, 5.41) is 6.36. The highest BCUT2D eigenvalue weighted by atomic mass is 35.5. The third-order valence-corrected chi connectivity index (χ3v) is 2.89. The molecule has 18 heavy (non-hydrogen) atoms. The molecule has 1 aromatic carbocycles. The van der Waals surface area contributed by atoms with E-state index >= 15 is 0 Å². The normalized spacial score (nSPS) is 18.6. The maximum atomic E-state index is 11.1. The van der Waals surface area contributed by atoms with Gasteiger partial charge in [-0.3, -0.25) is 10.3 Å². The Morgan fingerprint density at radius 1 is 1.61 bits per heavy atom. The average Bonchev–Trinajstić information content (AvgIpc) is 2.39. The molecule has 0 unspecified atom stereocenters. The summed E-state index contributed by atoms with van der Waals surface area (Å²) in [5.41, 5.74) is 1.07. The van der Waals surface area contributed by atoms with Gasteiger partial charge >= 0.3 is 6.09 Å². The molecule has 1 aromatic rings. The van der Waals surface area contributed by atoms with Crippen LogP contribution in [0.15, 0.2) is 29.3 Å². The van der Waals surface area contributed by atoms with Crippen LogP contribution in [-0.4, -0.2) is 25.7 Å². The summed E-state index contributed by atoms with van der Waals surface area (Å²) in [5.74, 6) is 0.429. The topological polar surface area (TPSA) is 62.7 Å². The highest BCUT2D eigenvalue weighted by molar-refractivity contribution is 6.30. The Balaban J connectivity index is 2.05. The van der Waals surface area contributed by atoms with E-state index in [4.69, 9.17) is 11.6 Å². The number of amides is 1. The predicted octanol–water partition coefficient (Wildman–Crippen LogP) is 2.09. The molecule has 0 saturated heterocycles. The summed E-state index contributed by atoms with van der Waals surface area (Å²) in [6, 6.07) is 7.72. The lowest BCUT2D eigenvalue weighted by Crippen LogP contribution is -2.45. The number of carbonyl (C=O) groups is 1. The second-order valence-corrected chi connectivity index (χ2v) is 4.32. The molecule has 0 radical (unpaired) electrons. The van der Waals surface area contributed by atoms with Gasteiger partial charge < -0.3 is 10.1 Å². The van der Waals surface area contributed by atoms with Crippen molar-refractivity contribution >= 4 is 23.7 Å². The lowest BCUT2D eigenvalue weighted by atomic mass is 10.0. The van der Waals surface area contributed by atoms with Gasteiger partial charge in [0.15, 0.2) is 0 Å². The first-order chi connectivity index (χ1) is 8.69. The van der Waals surface area contributed by atoms with E-state index in [2.05, 4.69) is 20.4 Å². The van der Waals surface area contributed by atoms with E-state index in [1.165, 1.54) is 7.11 Å². The molecule has 5 nitrogen and oxygen atoms in total. The number of rotatable bonds is 1. The van der Waals surface area contributed by atoms with Gasteiger partial charge in [0.25, 0.3) is 0 Å². The summed E-state index contributed by atoms with van der Waals surface area (Å²) in [7, 11) is 1.31. The van der Waals surface area contributed by atoms with Crippen LogP contribution < -0.4 is 10.6 Å². The van der Waals surface area contributed by atoms with Gasteiger partial charge in [-0.1, -0.05) is 23.7 Å². The minimum absolute atomic E-state index is 0.0911. The van der Waals surface area contributed by atoms with Gasteiger partial charge in [-0.05, 0) is 24.1 Å². The first-order valence-electron chi connectivity index (χ1n) is 5.60. The first-order valence-corrected chi connectivity index (χ1v) is 5.98. The highest BCUT2D eigenvalue weighted by Gasteiger charge is 2.18. The Kier molecular flexibility index (Phi) is 4.04. The molecule has 1 aliphatic heterocycles. The minimum Gasteiger partial charge on any atom is -0.453 e. The molecule has 1 heterocycles. The van der Waals surface area contributed by atoms with E-state index in [1.54, 1.807) is 0 Å². The third kappa shape index (κ3) is 3.13. The molecule has 0 bridgehead atoms. The van der Waals surface area contributed by atoms with E-state index < -0.39 is 6.09 Å². The number of ether oxygens (including phenoxy) is 1. The number of guanidine groups is 1. The molecule has 6 heteroatoms. The lowest BCUT2D eigenvalue weighted by Gasteiger charge is -2.24. The van der Waals surface area contributed by atoms with Crippen LogP contribution in [-0.2, 0) is 4.74 Å². The monoisotopic (exact) mass is 267 g/mol.